The number of carbonyl (C=O) groups is 1. The van der Waals surface area contributed by atoms with Crippen LogP contribution in [-0.4, -0.2) is 22.0 Å². The summed E-state index contributed by atoms with van der Waals surface area (Å²) < 4.78 is 0. The van der Waals surface area contributed by atoms with E-state index in [9.17, 15) is 20.4 Å². The van der Waals surface area contributed by atoms with Crippen LogP contribution in [0.2, 0.25) is 0 Å². The van der Waals surface area contributed by atoms with Crippen molar-refractivity contribution in [1.29, 1.82) is 5.26 Å². The summed E-state index contributed by atoms with van der Waals surface area (Å²) in [5.41, 5.74) is 5.88. The zero-order chi connectivity index (χ0) is 22.5. The van der Waals surface area contributed by atoms with Crippen molar-refractivity contribution in [2.24, 2.45) is 22.4 Å². The minimum atomic E-state index is -0.903. The van der Waals surface area contributed by atoms with E-state index in [0.717, 1.165) is 62.6 Å². The summed E-state index contributed by atoms with van der Waals surface area (Å²) in [4.78, 5) is 12.1. The van der Waals surface area contributed by atoms with E-state index in [1.165, 1.54) is 11.1 Å². The predicted molar refractivity (Wildman–Crippen MR) is 122 cm³/mol. The molecule has 2 saturated carbocycles. The van der Waals surface area contributed by atoms with Crippen molar-refractivity contribution >= 4 is 11.7 Å². The van der Waals surface area contributed by atoms with Crippen LogP contribution in [-0.2, 0) is 5.41 Å². The second-order valence-corrected chi connectivity index (χ2v) is 10.2. The van der Waals surface area contributed by atoms with Crippen molar-refractivity contribution in [2.75, 3.05) is 0 Å². The molecule has 4 aliphatic rings. The van der Waals surface area contributed by atoms with Crippen molar-refractivity contribution in [3.8, 4) is 6.07 Å². The molecule has 0 spiro atoms. The molecule has 2 N–H and O–H groups in total. The Morgan fingerprint density at radius 2 is 2.00 bits per heavy atom. The molecule has 0 amide bonds. The highest BCUT2D eigenvalue weighted by atomic mass is 16.4. The van der Waals surface area contributed by atoms with Gasteiger partial charge in [-0.2, -0.15) is 5.26 Å². The fourth-order valence-electron chi connectivity index (χ4n) is 7.81. The molecule has 166 valence electrons. The first-order valence-corrected chi connectivity index (χ1v) is 11.8. The van der Waals surface area contributed by atoms with Crippen molar-refractivity contribution in [3.63, 3.8) is 0 Å². The molecule has 0 bridgehead atoms. The van der Waals surface area contributed by atoms with Crippen molar-refractivity contribution in [2.45, 2.75) is 70.1 Å². The molecule has 32 heavy (non-hydrogen) atoms. The molecule has 5 rings (SSSR count). The molecule has 0 saturated heterocycles. The first-order chi connectivity index (χ1) is 15.4. The first kappa shape index (κ1) is 21.0. The van der Waals surface area contributed by atoms with Crippen LogP contribution in [0.3, 0.4) is 0 Å². The lowest BCUT2D eigenvalue weighted by molar-refractivity contribution is 0.0514. The van der Waals surface area contributed by atoms with E-state index in [2.05, 4.69) is 24.2 Å². The van der Waals surface area contributed by atoms with Crippen LogP contribution in [0.4, 0.5) is 0 Å². The number of aromatic carboxylic acids is 1. The Bertz CT molecular complexity index is 1110. The second kappa shape index (κ2) is 7.62. The predicted octanol–water partition coefficient (Wildman–Crippen LogP) is 6.00. The monoisotopic (exact) mass is 430 g/mol. The molecular weight excluding hydrogens is 400 g/mol. The van der Waals surface area contributed by atoms with Gasteiger partial charge in [0.25, 0.3) is 0 Å². The summed E-state index contributed by atoms with van der Waals surface area (Å²) in [7, 11) is 0. The third-order valence-electron chi connectivity index (χ3n) is 9.29. The fourth-order valence-corrected chi connectivity index (χ4v) is 7.81. The van der Waals surface area contributed by atoms with Crippen LogP contribution in [0.1, 0.15) is 80.6 Å². The number of hydrogen-bond donors (Lipinski definition) is 2. The summed E-state index contributed by atoms with van der Waals surface area (Å²) in [5, 5.41) is 32.4. The maximum atomic E-state index is 12.1. The Balaban J connectivity index is 1.60. The van der Waals surface area contributed by atoms with Gasteiger partial charge in [0.05, 0.1) is 17.3 Å². The summed E-state index contributed by atoms with van der Waals surface area (Å²) in [6.07, 6.45) is 10.2. The lowest BCUT2D eigenvalue weighted by Gasteiger charge is -2.54. The largest absolute Gasteiger partial charge is 0.478 e. The lowest BCUT2D eigenvalue weighted by Crippen LogP contribution is -2.48. The van der Waals surface area contributed by atoms with Gasteiger partial charge in [0, 0.05) is 11.8 Å². The third kappa shape index (κ3) is 2.81. The molecule has 5 heteroatoms. The third-order valence-corrected chi connectivity index (χ3v) is 9.29. The van der Waals surface area contributed by atoms with Crippen LogP contribution in [0.15, 0.2) is 52.2 Å². The van der Waals surface area contributed by atoms with Crippen LogP contribution in [0.25, 0.3) is 0 Å². The number of fused-ring (bicyclic) bond motifs is 4. The van der Waals surface area contributed by atoms with Gasteiger partial charge in [0.15, 0.2) is 0 Å². The van der Waals surface area contributed by atoms with Gasteiger partial charge in [0.2, 0.25) is 0 Å². The number of benzene rings is 1. The maximum absolute atomic E-state index is 12.1. The zero-order valence-electron chi connectivity index (χ0n) is 18.6. The van der Waals surface area contributed by atoms with Gasteiger partial charge in [-0.1, -0.05) is 35.9 Å². The molecule has 1 aromatic carbocycles. The number of allylic oxidation sites excluding steroid dienone is 4. The number of rotatable bonds is 3. The van der Waals surface area contributed by atoms with Gasteiger partial charge in [-0.15, -0.1) is 0 Å². The smallest absolute Gasteiger partial charge is 0.335 e. The molecule has 1 aromatic rings. The van der Waals surface area contributed by atoms with Crippen LogP contribution in [0, 0.1) is 28.6 Å². The molecule has 5 nitrogen and oxygen atoms in total. The Morgan fingerprint density at radius 3 is 2.75 bits per heavy atom. The van der Waals surface area contributed by atoms with E-state index >= 15 is 0 Å². The van der Waals surface area contributed by atoms with E-state index in [1.54, 1.807) is 17.7 Å². The number of oxime groups is 1. The molecular formula is C27H30N2O3. The maximum Gasteiger partial charge on any atom is 0.335 e. The van der Waals surface area contributed by atoms with E-state index < -0.39 is 11.4 Å². The summed E-state index contributed by atoms with van der Waals surface area (Å²) in [5.74, 6) is 0.0639. The average molecular weight is 431 g/mol. The minimum absolute atomic E-state index is 0.101. The normalized spacial score (nSPS) is 34.9. The van der Waals surface area contributed by atoms with E-state index in [-0.39, 0.29) is 5.41 Å². The molecule has 4 aliphatic carbocycles. The SMILES string of the molecule is C[C@]12CCC3=C4CCC(=NO)C=C4CCC3C1CC[C@]2(CC#N)c1ccccc1C(=O)O. The molecule has 0 aliphatic heterocycles. The van der Waals surface area contributed by atoms with Crippen LogP contribution >= 0.6 is 0 Å². The Kier molecular flexibility index (Phi) is 5.00. The van der Waals surface area contributed by atoms with Gasteiger partial charge in [-0.25, -0.2) is 4.79 Å². The van der Waals surface area contributed by atoms with Gasteiger partial charge in [0.1, 0.15) is 0 Å². The Morgan fingerprint density at radius 1 is 1.19 bits per heavy atom. The highest BCUT2D eigenvalue weighted by Crippen LogP contribution is 2.68. The molecule has 2 fully saturated rings. The van der Waals surface area contributed by atoms with Crippen molar-refractivity contribution in [3.05, 3.63) is 58.2 Å². The second-order valence-electron chi connectivity index (χ2n) is 10.2. The molecule has 0 radical (unpaired) electrons. The highest BCUT2D eigenvalue weighted by Gasteiger charge is 2.62. The van der Waals surface area contributed by atoms with E-state index in [4.69, 9.17) is 0 Å². The Labute approximate surface area is 189 Å². The van der Waals surface area contributed by atoms with Gasteiger partial charge < -0.3 is 10.3 Å². The number of carboxylic acids is 1. The summed E-state index contributed by atoms with van der Waals surface area (Å²) >= 11 is 0. The molecule has 0 heterocycles. The zero-order valence-corrected chi connectivity index (χ0v) is 18.6. The lowest BCUT2D eigenvalue weighted by atomic mass is 9.50. The first-order valence-electron chi connectivity index (χ1n) is 11.8. The van der Waals surface area contributed by atoms with Gasteiger partial charge >= 0.3 is 5.97 Å². The highest BCUT2D eigenvalue weighted by molar-refractivity contribution is 5.97. The minimum Gasteiger partial charge on any atom is -0.478 e. The van der Waals surface area contributed by atoms with E-state index in [1.807, 2.05) is 12.1 Å². The van der Waals surface area contributed by atoms with Gasteiger partial charge in [-0.3, -0.25) is 0 Å². The van der Waals surface area contributed by atoms with Crippen LogP contribution in [0.5, 0.6) is 0 Å². The summed E-state index contributed by atoms with van der Waals surface area (Å²) in [6.45, 7) is 2.34. The average Bonchev–Trinajstić information content (AvgIpc) is 3.11. The standard InChI is InChI=1S/C27H30N2O3/c1-26-12-10-20-19-9-7-18(29-32)16-17(19)6-8-21(20)23(26)11-13-27(26,14-15-28)24-5-3-2-4-22(24)25(30)31/h2-5,16,21,23,32H,6-14H2,1H3,(H,30,31)/t21?,23?,26-,27-/m0/s1. The van der Waals surface area contributed by atoms with Crippen molar-refractivity contribution in [1.82, 2.24) is 0 Å². The summed E-state index contributed by atoms with van der Waals surface area (Å²) in [6, 6.07) is 9.82. The van der Waals surface area contributed by atoms with Gasteiger partial charge in [-0.05, 0) is 97.5 Å². The Hall–Kier alpha value is -2.87. The molecule has 0 aromatic heterocycles. The van der Waals surface area contributed by atoms with Crippen molar-refractivity contribution < 1.29 is 15.1 Å². The van der Waals surface area contributed by atoms with E-state index in [0.29, 0.717) is 23.8 Å². The number of nitrogens with zero attached hydrogens (tertiary/aromatic N) is 2. The van der Waals surface area contributed by atoms with Crippen LogP contribution < -0.4 is 0 Å². The number of nitriles is 1. The number of hydrogen-bond acceptors (Lipinski definition) is 4. The number of carboxylic acid groups (broad SMARTS) is 1. The molecule has 4 atom stereocenters. The quantitative estimate of drug-likeness (QED) is 0.454. The molecule has 2 unspecified atom stereocenters. The fraction of sp³-hybridized carbons (Fsp3) is 0.519. The topological polar surface area (TPSA) is 93.7 Å².